The Morgan fingerprint density at radius 1 is 1.06 bits per heavy atom. The zero-order valence-electron chi connectivity index (χ0n) is 19.5. The van der Waals surface area contributed by atoms with Crippen molar-refractivity contribution in [2.24, 2.45) is 10.2 Å². The van der Waals surface area contributed by atoms with Gasteiger partial charge >= 0.3 is 0 Å². The van der Waals surface area contributed by atoms with Gasteiger partial charge in [-0.3, -0.25) is 8.51 Å². The second-order valence-corrected chi connectivity index (χ2v) is 13.7. The summed E-state index contributed by atoms with van der Waals surface area (Å²) < 4.78 is 75.7. The average molecular weight is 574 g/mol. The van der Waals surface area contributed by atoms with E-state index in [9.17, 15) is 30.7 Å². The van der Waals surface area contributed by atoms with Crippen LogP contribution in [0.25, 0.3) is 10.8 Å². The lowest BCUT2D eigenvalue weighted by molar-refractivity contribution is 0.466. The summed E-state index contributed by atoms with van der Waals surface area (Å²) in [7, 11) is -1.43. The largest absolute Gasteiger partial charge is 0.755 e. The van der Waals surface area contributed by atoms with E-state index in [1.54, 1.807) is 20.8 Å². The van der Waals surface area contributed by atoms with Crippen LogP contribution in [0.4, 0.5) is 17.1 Å². The number of halogens is 1. The van der Waals surface area contributed by atoms with Crippen molar-refractivity contribution in [3.05, 3.63) is 48.5 Å². The molecule has 0 saturated heterocycles. The highest BCUT2D eigenvalue weighted by Crippen LogP contribution is 2.46. The molecule has 0 amide bonds. The van der Waals surface area contributed by atoms with Crippen LogP contribution in [-0.4, -0.2) is 43.3 Å². The molecule has 1 atom stereocenters. The number of phenolic OH excluding ortho intramolecular Hbond substituents is 1. The van der Waals surface area contributed by atoms with Gasteiger partial charge in [0.25, 0.3) is 9.05 Å². The summed E-state index contributed by atoms with van der Waals surface area (Å²) >= 11 is -2.81. The zero-order chi connectivity index (χ0) is 27.1. The van der Waals surface area contributed by atoms with E-state index in [1.165, 1.54) is 55.6 Å². The van der Waals surface area contributed by atoms with Gasteiger partial charge in [-0.25, -0.2) is 21.6 Å². The van der Waals surface area contributed by atoms with E-state index in [-0.39, 0.29) is 37.6 Å². The summed E-state index contributed by atoms with van der Waals surface area (Å²) in [4.78, 5) is -0.367. The molecule has 1 unspecified atom stereocenters. The number of hydrogen-bond donors (Lipinski definition) is 2. The number of fused-ring (bicyclic) bond motifs is 1. The fourth-order valence-electron chi connectivity index (χ4n) is 3.42. The van der Waals surface area contributed by atoms with Gasteiger partial charge in [0.2, 0.25) is 10.0 Å². The molecule has 0 aliphatic rings. The maximum absolute atomic E-state index is 12.7. The minimum absolute atomic E-state index is 0.00217. The number of azo groups is 1. The van der Waals surface area contributed by atoms with E-state index in [1.807, 2.05) is 0 Å². The molecule has 3 aromatic rings. The molecule has 0 aromatic heterocycles. The molecule has 0 bridgehead atoms. The Hall–Kier alpha value is -2.62. The fourth-order valence-corrected chi connectivity index (χ4v) is 5.90. The van der Waals surface area contributed by atoms with Gasteiger partial charge in [-0.05, 0) is 64.2 Å². The monoisotopic (exact) mass is 573 g/mol. The van der Waals surface area contributed by atoms with Gasteiger partial charge in [0.1, 0.15) is 5.75 Å². The number of sulfonamides is 1. The molecule has 0 radical (unpaired) electrons. The SMILES string of the molecule is CNS(=O)(=O)c1cccc2c(O)c(N(S(=O)[O-])C(C)(C)C)cc(N=Nc3ccc(S(=O)(=O)Cl)cc3)c12. The van der Waals surface area contributed by atoms with Crippen molar-refractivity contribution in [3.63, 3.8) is 0 Å². The van der Waals surface area contributed by atoms with Crippen LogP contribution in [0.5, 0.6) is 5.75 Å². The molecule has 194 valence electrons. The molecule has 0 heterocycles. The number of anilines is 1. The normalized spacial score (nSPS) is 13.8. The third kappa shape index (κ3) is 5.68. The van der Waals surface area contributed by atoms with Crippen LogP contribution < -0.4 is 9.03 Å². The smallest absolute Gasteiger partial charge is 0.261 e. The average Bonchev–Trinajstić information content (AvgIpc) is 2.78. The molecule has 0 saturated carbocycles. The molecule has 3 aromatic carbocycles. The Bertz CT molecular complexity index is 1580. The van der Waals surface area contributed by atoms with E-state index in [0.29, 0.717) is 0 Å². The molecule has 2 N–H and O–H groups in total. The van der Waals surface area contributed by atoms with Crippen molar-refractivity contribution < 1.29 is 30.7 Å². The summed E-state index contributed by atoms with van der Waals surface area (Å²) in [5.41, 5.74) is -0.985. The molecular formula is C21H22ClN4O7S3-. The van der Waals surface area contributed by atoms with E-state index >= 15 is 0 Å². The van der Waals surface area contributed by atoms with Crippen molar-refractivity contribution in [2.45, 2.75) is 36.1 Å². The molecule has 36 heavy (non-hydrogen) atoms. The summed E-state index contributed by atoms with van der Waals surface area (Å²) in [5.74, 6) is -0.465. The molecular weight excluding hydrogens is 552 g/mol. The maximum Gasteiger partial charge on any atom is 0.261 e. The molecule has 0 fully saturated rings. The van der Waals surface area contributed by atoms with Crippen LogP contribution in [-0.2, 0) is 30.3 Å². The number of aromatic hydroxyl groups is 1. The lowest BCUT2D eigenvalue weighted by atomic mass is 10.0. The molecule has 0 aliphatic heterocycles. The number of benzene rings is 3. The van der Waals surface area contributed by atoms with Crippen LogP contribution in [0.3, 0.4) is 0 Å². The van der Waals surface area contributed by atoms with Gasteiger partial charge < -0.3 is 9.66 Å². The Kier molecular flexibility index (Phi) is 7.79. The van der Waals surface area contributed by atoms with Gasteiger partial charge in [0.15, 0.2) is 0 Å². The first-order chi connectivity index (χ1) is 16.6. The van der Waals surface area contributed by atoms with Crippen LogP contribution in [0.1, 0.15) is 20.8 Å². The van der Waals surface area contributed by atoms with Crippen LogP contribution in [0.2, 0.25) is 0 Å². The highest BCUT2D eigenvalue weighted by atomic mass is 35.7. The predicted molar refractivity (Wildman–Crippen MR) is 137 cm³/mol. The van der Waals surface area contributed by atoms with Gasteiger partial charge in [-0.2, -0.15) is 5.11 Å². The summed E-state index contributed by atoms with van der Waals surface area (Å²) in [6, 6.07) is 10.5. The van der Waals surface area contributed by atoms with Crippen LogP contribution in [0.15, 0.2) is 68.6 Å². The number of rotatable bonds is 7. The first-order valence-electron chi connectivity index (χ1n) is 10.2. The Morgan fingerprint density at radius 2 is 1.67 bits per heavy atom. The zero-order valence-corrected chi connectivity index (χ0v) is 22.7. The lowest BCUT2D eigenvalue weighted by Crippen LogP contribution is -2.42. The van der Waals surface area contributed by atoms with Crippen molar-refractivity contribution in [1.29, 1.82) is 0 Å². The standard InChI is InChI=1S/C21H23ClN4O7S3/c1-21(2,3)26(34(28)29)17-12-16(25-24-13-8-10-14(11-9-13)35(22,30)31)19-15(20(17)27)6-5-7-18(19)36(32,33)23-4/h5-12,23,27H,1-4H3,(H,28,29)/p-1. The second kappa shape index (κ2) is 10.0. The molecule has 15 heteroatoms. The molecule has 0 aliphatic carbocycles. The van der Waals surface area contributed by atoms with Gasteiger partial charge in [0.05, 0.1) is 26.9 Å². The van der Waals surface area contributed by atoms with E-state index in [2.05, 4.69) is 15.0 Å². The molecule has 11 nitrogen and oxygen atoms in total. The predicted octanol–water partition coefficient (Wildman–Crippen LogP) is 4.20. The first kappa shape index (κ1) is 28.0. The number of nitrogens with one attached hydrogen (secondary N) is 1. The Labute approximate surface area is 215 Å². The minimum atomic E-state index is -4.03. The van der Waals surface area contributed by atoms with Crippen molar-refractivity contribution in [1.82, 2.24) is 4.72 Å². The molecule has 3 rings (SSSR count). The van der Waals surface area contributed by atoms with Gasteiger partial charge in [-0.1, -0.05) is 12.1 Å². The van der Waals surface area contributed by atoms with Gasteiger partial charge in [-0.15, -0.1) is 5.11 Å². The minimum Gasteiger partial charge on any atom is -0.755 e. The second-order valence-electron chi connectivity index (χ2n) is 8.46. The van der Waals surface area contributed by atoms with Crippen molar-refractivity contribution in [3.8, 4) is 5.75 Å². The van der Waals surface area contributed by atoms with Crippen LogP contribution in [0, 0.1) is 0 Å². The maximum atomic E-state index is 12.7. The summed E-state index contributed by atoms with van der Waals surface area (Å²) in [6.07, 6.45) is 0. The highest BCUT2D eigenvalue weighted by molar-refractivity contribution is 8.13. The lowest BCUT2D eigenvalue weighted by Gasteiger charge is -2.38. The number of hydrogen-bond acceptors (Lipinski definition) is 9. The topological polar surface area (TPSA) is 169 Å². The third-order valence-electron chi connectivity index (χ3n) is 4.98. The summed E-state index contributed by atoms with van der Waals surface area (Å²) in [5, 5.41) is 19.3. The van der Waals surface area contributed by atoms with Crippen LogP contribution >= 0.6 is 10.7 Å². The number of nitrogens with zero attached hydrogens (tertiary/aromatic N) is 3. The van der Waals surface area contributed by atoms with E-state index < -0.39 is 41.6 Å². The fraction of sp³-hybridized carbons (Fsp3) is 0.238. The van der Waals surface area contributed by atoms with Crippen molar-refractivity contribution in [2.75, 3.05) is 11.4 Å². The first-order valence-corrected chi connectivity index (χ1v) is 15.0. The Balaban J connectivity index is 2.35. The van der Waals surface area contributed by atoms with Crippen molar-refractivity contribution >= 4 is 68.9 Å². The van der Waals surface area contributed by atoms with Gasteiger partial charge in [0, 0.05) is 38.3 Å². The van der Waals surface area contributed by atoms with E-state index in [4.69, 9.17) is 10.7 Å². The third-order valence-corrected chi connectivity index (χ3v) is 8.85. The van der Waals surface area contributed by atoms with E-state index in [0.717, 1.165) is 4.31 Å². The summed E-state index contributed by atoms with van der Waals surface area (Å²) in [6.45, 7) is 4.84. The quantitative estimate of drug-likeness (QED) is 0.242. The molecule has 0 spiro atoms. The highest BCUT2D eigenvalue weighted by Gasteiger charge is 2.29. The number of phenols is 1. The Morgan fingerprint density at radius 3 is 2.17 bits per heavy atom.